The molecule has 5 heteroatoms. The number of rotatable bonds is 0. The molecule has 0 spiro atoms. The molecule has 0 aromatic carbocycles. The molecule has 2 fully saturated rings. The highest BCUT2D eigenvalue weighted by atomic mass is 19.4. The van der Waals surface area contributed by atoms with Gasteiger partial charge in [-0.15, -0.1) is 0 Å². The van der Waals surface area contributed by atoms with E-state index in [-0.39, 0.29) is 24.9 Å². The molecule has 0 aromatic heterocycles. The van der Waals surface area contributed by atoms with Crippen molar-refractivity contribution in [3.8, 4) is 0 Å². The Hall–Kier alpha value is -0.290. The standard InChI is InChI=1S/C9H13F3O2/c10-9(11,12)5-3-7(13)6-1-2-14-8(6)4-5/h5-8,13H,1-4H2/t5-,6-,7-,8+/m1/s1. The SMILES string of the molecule is O[C@@H]1C[C@@H](C(F)(F)F)C[C@@H]2OCC[C@H]12. The van der Waals surface area contributed by atoms with Gasteiger partial charge < -0.3 is 9.84 Å². The van der Waals surface area contributed by atoms with E-state index in [1.807, 2.05) is 0 Å². The van der Waals surface area contributed by atoms with Gasteiger partial charge in [-0.25, -0.2) is 0 Å². The monoisotopic (exact) mass is 210 g/mol. The highest BCUT2D eigenvalue weighted by Crippen LogP contribution is 2.43. The van der Waals surface area contributed by atoms with Crippen molar-refractivity contribution >= 4 is 0 Å². The summed E-state index contributed by atoms with van der Waals surface area (Å²) in [6.45, 7) is 0.483. The van der Waals surface area contributed by atoms with E-state index >= 15 is 0 Å². The van der Waals surface area contributed by atoms with Crippen LogP contribution < -0.4 is 0 Å². The van der Waals surface area contributed by atoms with Crippen molar-refractivity contribution in [1.82, 2.24) is 0 Å². The van der Waals surface area contributed by atoms with Crippen molar-refractivity contribution in [3.63, 3.8) is 0 Å². The van der Waals surface area contributed by atoms with Crippen LogP contribution in [0.15, 0.2) is 0 Å². The van der Waals surface area contributed by atoms with Gasteiger partial charge in [0.2, 0.25) is 0 Å². The van der Waals surface area contributed by atoms with Gasteiger partial charge in [0, 0.05) is 12.5 Å². The number of hydrogen-bond acceptors (Lipinski definition) is 2. The summed E-state index contributed by atoms with van der Waals surface area (Å²) in [7, 11) is 0. The van der Waals surface area contributed by atoms with Gasteiger partial charge in [0.05, 0.1) is 18.1 Å². The van der Waals surface area contributed by atoms with Crippen molar-refractivity contribution in [2.75, 3.05) is 6.61 Å². The fourth-order valence-electron chi connectivity index (χ4n) is 2.46. The molecule has 1 saturated heterocycles. The maximum atomic E-state index is 12.4. The highest BCUT2D eigenvalue weighted by Gasteiger charge is 2.49. The van der Waals surface area contributed by atoms with Gasteiger partial charge in [-0.1, -0.05) is 0 Å². The van der Waals surface area contributed by atoms with E-state index < -0.39 is 18.2 Å². The van der Waals surface area contributed by atoms with Crippen LogP contribution in [0.4, 0.5) is 13.2 Å². The van der Waals surface area contributed by atoms with Gasteiger partial charge >= 0.3 is 6.18 Å². The molecule has 1 saturated carbocycles. The third-order valence-corrected chi connectivity index (χ3v) is 3.26. The first-order chi connectivity index (χ1) is 6.48. The number of aliphatic hydroxyl groups excluding tert-OH is 1. The maximum Gasteiger partial charge on any atom is 0.392 e. The molecular formula is C9H13F3O2. The second-order valence-electron chi connectivity index (χ2n) is 4.14. The van der Waals surface area contributed by atoms with Crippen LogP contribution in [0.3, 0.4) is 0 Å². The molecule has 0 amide bonds. The lowest BCUT2D eigenvalue weighted by Crippen LogP contribution is -2.42. The van der Waals surface area contributed by atoms with Crippen LogP contribution in [0, 0.1) is 11.8 Å². The molecular weight excluding hydrogens is 197 g/mol. The molecule has 0 bridgehead atoms. The Bertz CT molecular complexity index is 217. The zero-order valence-corrected chi connectivity index (χ0v) is 7.63. The molecule has 2 rings (SSSR count). The summed E-state index contributed by atoms with van der Waals surface area (Å²) in [5.41, 5.74) is 0. The quantitative estimate of drug-likeness (QED) is 0.659. The van der Waals surface area contributed by atoms with Crippen LogP contribution in [0.2, 0.25) is 0 Å². The number of ether oxygens (including phenoxy) is 1. The summed E-state index contributed by atoms with van der Waals surface area (Å²) < 4.78 is 42.4. The van der Waals surface area contributed by atoms with E-state index in [9.17, 15) is 18.3 Å². The van der Waals surface area contributed by atoms with Crippen molar-refractivity contribution in [3.05, 3.63) is 0 Å². The van der Waals surface area contributed by atoms with Gasteiger partial charge in [0.25, 0.3) is 0 Å². The minimum absolute atomic E-state index is 0.0191. The molecule has 82 valence electrons. The third-order valence-electron chi connectivity index (χ3n) is 3.26. The molecule has 0 aromatic rings. The second kappa shape index (κ2) is 3.38. The van der Waals surface area contributed by atoms with Gasteiger partial charge in [-0.2, -0.15) is 13.2 Å². The van der Waals surface area contributed by atoms with Crippen molar-refractivity contribution in [1.29, 1.82) is 0 Å². The molecule has 1 N–H and O–H groups in total. The van der Waals surface area contributed by atoms with E-state index in [2.05, 4.69) is 0 Å². The summed E-state index contributed by atoms with van der Waals surface area (Å²) in [4.78, 5) is 0. The smallest absolute Gasteiger partial charge is 0.392 e. The average Bonchev–Trinajstić information content (AvgIpc) is 2.50. The summed E-state index contributed by atoms with van der Waals surface area (Å²) in [5.74, 6) is -1.47. The van der Waals surface area contributed by atoms with E-state index in [4.69, 9.17) is 4.74 Å². The molecule has 14 heavy (non-hydrogen) atoms. The third kappa shape index (κ3) is 1.75. The minimum Gasteiger partial charge on any atom is -0.393 e. The Kier molecular flexibility index (Phi) is 2.47. The van der Waals surface area contributed by atoms with E-state index in [1.165, 1.54) is 0 Å². The number of alkyl halides is 3. The molecule has 1 aliphatic carbocycles. The summed E-state index contributed by atoms with van der Waals surface area (Å²) in [6, 6.07) is 0. The van der Waals surface area contributed by atoms with Gasteiger partial charge in [0.15, 0.2) is 0 Å². The van der Waals surface area contributed by atoms with Crippen molar-refractivity contribution < 1.29 is 23.0 Å². The molecule has 1 aliphatic heterocycles. The average molecular weight is 210 g/mol. The normalized spacial score (nSPS) is 43.7. The van der Waals surface area contributed by atoms with E-state index in [0.29, 0.717) is 13.0 Å². The summed E-state index contributed by atoms with van der Waals surface area (Å²) in [5, 5.41) is 9.53. The fraction of sp³-hybridized carbons (Fsp3) is 1.00. The Labute approximate surface area is 80.1 Å². The minimum atomic E-state index is -4.20. The van der Waals surface area contributed by atoms with E-state index in [1.54, 1.807) is 0 Å². The predicted octanol–water partition coefficient (Wildman–Crippen LogP) is 1.72. The predicted molar refractivity (Wildman–Crippen MR) is 42.6 cm³/mol. The Morgan fingerprint density at radius 1 is 1.21 bits per heavy atom. The molecule has 2 aliphatic rings. The second-order valence-corrected chi connectivity index (χ2v) is 4.14. The van der Waals surface area contributed by atoms with Gasteiger partial charge in [0.1, 0.15) is 0 Å². The van der Waals surface area contributed by atoms with Crippen LogP contribution >= 0.6 is 0 Å². The fourth-order valence-corrected chi connectivity index (χ4v) is 2.46. The first-order valence-corrected chi connectivity index (χ1v) is 4.85. The van der Waals surface area contributed by atoms with Crippen LogP contribution in [-0.4, -0.2) is 30.1 Å². The summed E-state index contributed by atoms with van der Waals surface area (Å²) in [6.07, 6.45) is -4.87. The van der Waals surface area contributed by atoms with Gasteiger partial charge in [-0.3, -0.25) is 0 Å². The molecule has 4 atom stereocenters. The molecule has 2 nitrogen and oxygen atoms in total. The molecule has 0 unspecified atom stereocenters. The van der Waals surface area contributed by atoms with Crippen LogP contribution in [0.5, 0.6) is 0 Å². The number of halogens is 3. The zero-order valence-electron chi connectivity index (χ0n) is 7.63. The topological polar surface area (TPSA) is 29.5 Å². The Morgan fingerprint density at radius 2 is 1.93 bits per heavy atom. The summed E-state index contributed by atoms with van der Waals surface area (Å²) >= 11 is 0. The first kappa shape index (κ1) is 10.2. The first-order valence-electron chi connectivity index (χ1n) is 4.85. The number of fused-ring (bicyclic) bond motifs is 1. The molecule has 1 heterocycles. The van der Waals surface area contributed by atoms with Crippen molar-refractivity contribution in [2.45, 2.75) is 37.6 Å². The zero-order chi connectivity index (χ0) is 10.3. The lowest BCUT2D eigenvalue weighted by atomic mass is 9.77. The number of aliphatic hydroxyl groups is 1. The highest BCUT2D eigenvalue weighted by molar-refractivity contribution is 4.92. The van der Waals surface area contributed by atoms with Crippen LogP contribution in [-0.2, 0) is 4.74 Å². The van der Waals surface area contributed by atoms with Crippen molar-refractivity contribution in [2.24, 2.45) is 11.8 Å². The largest absolute Gasteiger partial charge is 0.393 e. The Balaban J connectivity index is 2.06. The van der Waals surface area contributed by atoms with Crippen LogP contribution in [0.1, 0.15) is 19.3 Å². The molecule has 0 radical (unpaired) electrons. The maximum absolute atomic E-state index is 12.4. The van der Waals surface area contributed by atoms with E-state index in [0.717, 1.165) is 0 Å². The number of hydrogen-bond donors (Lipinski definition) is 1. The lowest BCUT2D eigenvalue weighted by molar-refractivity contribution is -0.203. The lowest BCUT2D eigenvalue weighted by Gasteiger charge is -2.35. The van der Waals surface area contributed by atoms with Gasteiger partial charge in [-0.05, 0) is 19.3 Å². The van der Waals surface area contributed by atoms with Crippen LogP contribution in [0.25, 0.3) is 0 Å². The Morgan fingerprint density at radius 3 is 2.57 bits per heavy atom.